The van der Waals surface area contributed by atoms with Crippen molar-refractivity contribution in [1.82, 2.24) is 15.5 Å². The van der Waals surface area contributed by atoms with Crippen molar-refractivity contribution in [2.45, 2.75) is 45.2 Å². The van der Waals surface area contributed by atoms with Gasteiger partial charge >= 0.3 is 12.0 Å². The molecule has 1 aliphatic rings. The van der Waals surface area contributed by atoms with Crippen LogP contribution in [0.5, 0.6) is 0 Å². The molecule has 2 unspecified atom stereocenters. The second-order valence-electron chi connectivity index (χ2n) is 9.96. The van der Waals surface area contributed by atoms with E-state index >= 15 is 0 Å². The fraction of sp³-hybridized carbons (Fsp3) is 0.444. The summed E-state index contributed by atoms with van der Waals surface area (Å²) in [6, 6.07) is 14.6. The first kappa shape index (κ1) is 27.0. The Kier molecular flexibility index (Phi) is 8.90. The summed E-state index contributed by atoms with van der Waals surface area (Å²) in [6.07, 6.45) is 0.402. The number of nitrogens with one attached hydrogen (secondary N) is 2. The van der Waals surface area contributed by atoms with Gasteiger partial charge in [-0.2, -0.15) is 0 Å². The van der Waals surface area contributed by atoms with Crippen molar-refractivity contribution < 1.29 is 23.9 Å². The second kappa shape index (κ2) is 11.9. The van der Waals surface area contributed by atoms with Crippen molar-refractivity contribution in [2.24, 2.45) is 5.92 Å². The van der Waals surface area contributed by atoms with Crippen LogP contribution < -0.4 is 15.5 Å². The number of amides is 3. The fourth-order valence-corrected chi connectivity index (χ4v) is 4.31. The lowest BCUT2D eigenvalue weighted by molar-refractivity contribution is -0.141. The smallest absolute Gasteiger partial charge is 0.318 e. The molecule has 3 N–H and O–H groups in total. The lowest BCUT2D eigenvalue weighted by atomic mass is 9.93. The van der Waals surface area contributed by atoms with Gasteiger partial charge < -0.3 is 25.5 Å². The van der Waals surface area contributed by atoms with Gasteiger partial charge in [0.2, 0.25) is 5.91 Å². The van der Waals surface area contributed by atoms with Gasteiger partial charge in [0, 0.05) is 37.4 Å². The van der Waals surface area contributed by atoms with Crippen LogP contribution >= 0.6 is 0 Å². The molecule has 1 aliphatic heterocycles. The van der Waals surface area contributed by atoms with Crippen molar-refractivity contribution in [3.05, 3.63) is 66.0 Å². The summed E-state index contributed by atoms with van der Waals surface area (Å²) in [6.45, 7) is 7.46. The fourth-order valence-electron chi connectivity index (χ4n) is 4.31. The van der Waals surface area contributed by atoms with E-state index in [2.05, 4.69) is 15.5 Å². The number of anilines is 1. The number of halogens is 1. The van der Waals surface area contributed by atoms with E-state index in [4.69, 9.17) is 0 Å². The van der Waals surface area contributed by atoms with Crippen LogP contribution in [0.4, 0.5) is 14.9 Å². The van der Waals surface area contributed by atoms with Gasteiger partial charge in [0.15, 0.2) is 0 Å². The highest BCUT2D eigenvalue weighted by molar-refractivity contribution is 5.88. The molecular formula is C27H35FN4O4. The number of carbonyl (C=O) groups excluding carboxylic acids is 2. The van der Waals surface area contributed by atoms with E-state index in [0.717, 1.165) is 11.3 Å². The highest BCUT2D eigenvalue weighted by atomic mass is 19.1. The number of carboxylic acids is 1. The molecule has 36 heavy (non-hydrogen) atoms. The maximum atomic E-state index is 13.2. The quantitative estimate of drug-likeness (QED) is 0.493. The highest BCUT2D eigenvalue weighted by Gasteiger charge is 2.32. The van der Waals surface area contributed by atoms with Gasteiger partial charge in [-0.1, -0.05) is 37.3 Å². The van der Waals surface area contributed by atoms with Crippen molar-refractivity contribution in [3.63, 3.8) is 0 Å². The number of piperazine rings is 1. The number of para-hydroxylation sites is 1. The van der Waals surface area contributed by atoms with Gasteiger partial charge in [-0.15, -0.1) is 0 Å². The van der Waals surface area contributed by atoms with E-state index in [0.29, 0.717) is 32.6 Å². The second-order valence-corrected chi connectivity index (χ2v) is 9.96. The van der Waals surface area contributed by atoms with E-state index < -0.39 is 35.4 Å². The average molecular weight is 499 g/mol. The first-order valence-corrected chi connectivity index (χ1v) is 12.2. The number of benzene rings is 2. The molecule has 2 aromatic rings. The third-order valence-electron chi connectivity index (χ3n) is 6.33. The molecule has 2 atom stereocenters. The van der Waals surface area contributed by atoms with Gasteiger partial charge in [0.1, 0.15) is 11.9 Å². The first-order chi connectivity index (χ1) is 17.0. The Morgan fingerprint density at radius 1 is 1.00 bits per heavy atom. The standard InChI is InChI=1S/C27H35FN4O4/c1-19(25(34)35)17-23(24(33)30-27(2,3)18-20-9-11-21(28)12-10-20)29-26(36)32-15-13-31(14-16-32)22-7-5-4-6-8-22/h4-12,19,23H,13-18H2,1-3H3,(H,29,36)(H,30,33)(H,34,35). The van der Waals surface area contributed by atoms with Crippen LogP contribution in [0.1, 0.15) is 32.8 Å². The van der Waals surface area contributed by atoms with Gasteiger partial charge in [-0.3, -0.25) is 9.59 Å². The predicted molar refractivity (Wildman–Crippen MR) is 136 cm³/mol. The largest absolute Gasteiger partial charge is 0.481 e. The summed E-state index contributed by atoms with van der Waals surface area (Å²) in [5.74, 6) is -2.65. The van der Waals surface area contributed by atoms with Crippen molar-refractivity contribution in [1.29, 1.82) is 0 Å². The number of rotatable bonds is 9. The van der Waals surface area contributed by atoms with Gasteiger partial charge in [-0.25, -0.2) is 9.18 Å². The Morgan fingerprint density at radius 3 is 2.19 bits per heavy atom. The van der Waals surface area contributed by atoms with Gasteiger partial charge in [0.25, 0.3) is 0 Å². The molecule has 3 amide bonds. The molecule has 0 aromatic heterocycles. The van der Waals surface area contributed by atoms with Crippen LogP contribution in [0.3, 0.4) is 0 Å². The number of urea groups is 1. The van der Waals surface area contributed by atoms with Crippen LogP contribution in [0, 0.1) is 11.7 Å². The van der Waals surface area contributed by atoms with Crippen molar-refractivity contribution >= 4 is 23.6 Å². The summed E-state index contributed by atoms with van der Waals surface area (Å²) in [7, 11) is 0. The normalized spacial score (nSPS) is 15.7. The zero-order valence-electron chi connectivity index (χ0n) is 21.0. The molecule has 0 bridgehead atoms. The molecular weight excluding hydrogens is 463 g/mol. The zero-order chi connectivity index (χ0) is 26.3. The van der Waals surface area contributed by atoms with E-state index in [1.807, 2.05) is 44.2 Å². The molecule has 194 valence electrons. The van der Waals surface area contributed by atoms with E-state index in [1.165, 1.54) is 19.1 Å². The number of nitrogens with zero attached hydrogens (tertiary/aromatic N) is 2. The van der Waals surface area contributed by atoms with Crippen LogP contribution in [0.2, 0.25) is 0 Å². The molecule has 1 heterocycles. The topological polar surface area (TPSA) is 102 Å². The Labute approximate surface area is 211 Å². The maximum Gasteiger partial charge on any atom is 0.318 e. The Balaban J connectivity index is 1.62. The lowest BCUT2D eigenvalue weighted by Gasteiger charge is -2.37. The van der Waals surface area contributed by atoms with E-state index in [-0.39, 0.29) is 12.2 Å². The Morgan fingerprint density at radius 2 is 1.61 bits per heavy atom. The van der Waals surface area contributed by atoms with Crippen molar-refractivity contribution in [3.8, 4) is 0 Å². The minimum absolute atomic E-state index is 0.0382. The molecule has 0 saturated carbocycles. The van der Waals surface area contributed by atoms with Gasteiger partial charge in [0.05, 0.1) is 5.92 Å². The van der Waals surface area contributed by atoms with Crippen molar-refractivity contribution in [2.75, 3.05) is 31.1 Å². The Bertz CT molecular complexity index is 1040. The number of hydrogen-bond acceptors (Lipinski definition) is 4. The summed E-state index contributed by atoms with van der Waals surface area (Å²) in [5.41, 5.74) is 1.23. The molecule has 0 aliphatic carbocycles. The Hall–Kier alpha value is -3.62. The predicted octanol–water partition coefficient (Wildman–Crippen LogP) is 3.27. The van der Waals surface area contributed by atoms with E-state index in [9.17, 15) is 23.9 Å². The minimum atomic E-state index is -1.04. The average Bonchev–Trinajstić information content (AvgIpc) is 2.85. The number of aliphatic carboxylic acids is 1. The van der Waals surface area contributed by atoms with Crippen LogP contribution in [-0.4, -0.2) is 65.7 Å². The molecule has 3 rings (SSSR count). The first-order valence-electron chi connectivity index (χ1n) is 12.2. The summed E-state index contributed by atoms with van der Waals surface area (Å²) in [5, 5.41) is 15.1. The number of carboxylic acid groups (broad SMARTS) is 1. The zero-order valence-corrected chi connectivity index (χ0v) is 21.0. The molecule has 8 nitrogen and oxygen atoms in total. The molecule has 1 fully saturated rings. The van der Waals surface area contributed by atoms with Gasteiger partial charge in [-0.05, 0) is 56.5 Å². The lowest BCUT2D eigenvalue weighted by Crippen LogP contribution is -2.58. The maximum absolute atomic E-state index is 13.2. The molecule has 0 spiro atoms. The number of carbonyl (C=O) groups is 3. The van der Waals surface area contributed by atoms with Crippen LogP contribution in [-0.2, 0) is 16.0 Å². The molecule has 9 heteroatoms. The molecule has 1 saturated heterocycles. The van der Waals surface area contributed by atoms with Crippen LogP contribution in [0.25, 0.3) is 0 Å². The monoisotopic (exact) mass is 498 g/mol. The minimum Gasteiger partial charge on any atom is -0.481 e. The van der Waals surface area contributed by atoms with E-state index in [1.54, 1.807) is 17.0 Å². The SMILES string of the molecule is CC(CC(NC(=O)N1CCN(c2ccccc2)CC1)C(=O)NC(C)(C)Cc1ccc(F)cc1)C(=O)O. The van der Waals surface area contributed by atoms with Crippen LogP contribution in [0.15, 0.2) is 54.6 Å². The third kappa shape index (κ3) is 7.69. The summed E-state index contributed by atoms with van der Waals surface area (Å²) >= 11 is 0. The summed E-state index contributed by atoms with van der Waals surface area (Å²) < 4.78 is 13.2. The summed E-state index contributed by atoms with van der Waals surface area (Å²) in [4.78, 5) is 41.6. The molecule has 0 radical (unpaired) electrons. The molecule has 2 aromatic carbocycles. The highest BCUT2D eigenvalue weighted by Crippen LogP contribution is 2.17. The third-order valence-corrected chi connectivity index (χ3v) is 6.33. The number of hydrogen-bond donors (Lipinski definition) is 3.